The van der Waals surface area contributed by atoms with Crippen molar-refractivity contribution in [3.05, 3.63) is 101 Å². The Hall–Kier alpha value is -3.93. The average molecular weight is 457 g/mol. The minimum Gasteiger partial charge on any atom is -0.491 e. The van der Waals surface area contributed by atoms with Crippen molar-refractivity contribution in [2.75, 3.05) is 11.4 Å². The monoisotopic (exact) mass is 456 g/mol. The molecule has 2 heterocycles. The first-order valence-electron chi connectivity index (χ1n) is 11.4. The van der Waals surface area contributed by atoms with Gasteiger partial charge in [-0.15, -0.1) is 0 Å². The second-order valence-electron chi connectivity index (χ2n) is 8.75. The number of rotatable bonds is 5. The summed E-state index contributed by atoms with van der Waals surface area (Å²) in [6.07, 6.45) is 0.773. The van der Waals surface area contributed by atoms with Gasteiger partial charge in [0.25, 0.3) is 11.8 Å². The van der Waals surface area contributed by atoms with E-state index < -0.39 is 17.6 Å². The van der Waals surface area contributed by atoms with Crippen molar-refractivity contribution in [3.63, 3.8) is 0 Å². The van der Waals surface area contributed by atoms with Crippen LogP contribution in [-0.4, -0.2) is 29.4 Å². The van der Waals surface area contributed by atoms with E-state index in [0.717, 1.165) is 16.9 Å². The Morgan fingerprint density at radius 2 is 1.53 bits per heavy atom. The lowest BCUT2D eigenvalue weighted by Crippen LogP contribution is -2.37. The zero-order chi connectivity index (χ0) is 23.8. The third-order valence-corrected chi connectivity index (χ3v) is 6.11. The maximum Gasteiger partial charge on any atom is 0.282 e. The highest BCUT2D eigenvalue weighted by atomic mass is 19.1. The van der Waals surface area contributed by atoms with Crippen molar-refractivity contribution < 1.29 is 18.7 Å². The Labute approximate surface area is 198 Å². The second-order valence-corrected chi connectivity index (χ2v) is 8.75. The summed E-state index contributed by atoms with van der Waals surface area (Å²) in [5, 5.41) is 0. The average Bonchev–Trinajstić information content (AvgIpc) is 3.09. The smallest absolute Gasteiger partial charge is 0.282 e. The zero-order valence-electron chi connectivity index (χ0n) is 19.1. The molecule has 0 bridgehead atoms. The van der Waals surface area contributed by atoms with Crippen molar-refractivity contribution in [2.24, 2.45) is 0 Å². The number of amides is 2. The number of para-hydroxylation sites is 1. The normalized spacial score (nSPS) is 15.9. The molecular weight excluding hydrogens is 431 g/mol. The fourth-order valence-corrected chi connectivity index (χ4v) is 4.58. The number of carbonyl (C=O) groups is 2. The molecule has 0 unspecified atom stereocenters. The lowest BCUT2D eigenvalue weighted by molar-refractivity contribution is -0.120. The lowest BCUT2D eigenvalue weighted by Gasteiger charge is -2.31. The predicted molar refractivity (Wildman–Crippen MR) is 129 cm³/mol. The highest BCUT2D eigenvalue weighted by molar-refractivity contribution is 6.45. The molecule has 0 radical (unpaired) electrons. The Bertz CT molecular complexity index is 1300. The number of halogens is 1. The van der Waals surface area contributed by atoms with Crippen LogP contribution in [0.15, 0.2) is 78.5 Å². The number of fused-ring (bicyclic) bond motifs is 1. The van der Waals surface area contributed by atoms with Crippen LogP contribution in [0.3, 0.4) is 0 Å². The SMILES string of the molecule is CC(C)Oc1ccc(C2=C(N3CCc4ccccc4C3)C(=O)N(c3ccccc3F)C2=O)cc1. The van der Waals surface area contributed by atoms with Gasteiger partial charge in [0, 0.05) is 13.1 Å². The van der Waals surface area contributed by atoms with Gasteiger partial charge in [-0.2, -0.15) is 0 Å². The van der Waals surface area contributed by atoms with E-state index in [2.05, 4.69) is 6.07 Å². The van der Waals surface area contributed by atoms with Crippen molar-refractivity contribution in [2.45, 2.75) is 32.9 Å². The Kier molecular flexibility index (Phi) is 5.65. The fourth-order valence-electron chi connectivity index (χ4n) is 4.58. The third kappa shape index (κ3) is 3.85. The van der Waals surface area contributed by atoms with Crippen LogP contribution in [0.5, 0.6) is 5.75 Å². The van der Waals surface area contributed by atoms with E-state index in [1.165, 1.54) is 23.8 Å². The minimum atomic E-state index is -0.616. The van der Waals surface area contributed by atoms with Crippen LogP contribution in [0.4, 0.5) is 10.1 Å². The summed E-state index contributed by atoms with van der Waals surface area (Å²) < 4.78 is 20.4. The largest absolute Gasteiger partial charge is 0.491 e. The Balaban J connectivity index is 1.60. The van der Waals surface area contributed by atoms with E-state index in [0.29, 0.717) is 30.1 Å². The summed E-state index contributed by atoms with van der Waals surface area (Å²) in [6, 6.07) is 21.1. The molecule has 5 rings (SSSR count). The van der Waals surface area contributed by atoms with Crippen LogP contribution in [0.2, 0.25) is 0 Å². The fraction of sp³-hybridized carbons (Fsp3) is 0.214. The van der Waals surface area contributed by atoms with Gasteiger partial charge in [0.2, 0.25) is 0 Å². The molecule has 0 aliphatic carbocycles. The highest BCUT2D eigenvalue weighted by Crippen LogP contribution is 2.38. The number of benzene rings is 3. The molecule has 0 N–H and O–H groups in total. The van der Waals surface area contributed by atoms with E-state index in [4.69, 9.17) is 4.74 Å². The minimum absolute atomic E-state index is 0.0142. The molecule has 172 valence electrons. The molecule has 0 saturated heterocycles. The first kappa shape index (κ1) is 21.9. The number of nitrogens with zero attached hydrogens (tertiary/aromatic N) is 2. The summed E-state index contributed by atoms with van der Waals surface area (Å²) in [5.41, 5.74) is 3.50. The van der Waals surface area contributed by atoms with Gasteiger partial charge >= 0.3 is 0 Å². The number of anilines is 1. The van der Waals surface area contributed by atoms with E-state index in [-0.39, 0.29) is 17.4 Å². The van der Waals surface area contributed by atoms with E-state index >= 15 is 0 Å². The first-order chi connectivity index (χ1) is 16.4. The maximum atomic E-state index is 14.7. The van der Waals surface area contributed by atoms with Crippen LogP contribution < -0.4 is 9.64 Å². The summed E-state index contributed by atoms with van der Waals surface area (Å²) in [5.74, 6) is -0.974. The van der Waals surface area contributed by atoms with Gasteiger partial charge in [-0.1, -0.05) is 48.5 Å². The highest BCUT2D eigenvalue weighted by Gasteiger charge is 2.43. The van der Waals surface area contributed by atoms with Crippen molar-refractivity contribution in [3.8, 4) is 5.75 Å². The van der Waals surface area contributed by atoms with Gasteiger partial charge in [-0.3, -0.25) is 9.59 Å². The second kappa shape index (κ2) is 8.78. The van der Waals surface area contributed by atoms with Gasteiger partial charge in [0.05, 0.1) is 17.4 Å². The summed E-state index contributed by atoms with van der Waals surface area (Å²) in [4.78, 5) is 30.2. The molecule has 6 heteroatoms. The Morgan fingerprint density at radius 1 is 0.853 bits per heavy atom. The zero-order valence-corrected chi connectivity index (χ0v) is 19.1. The lowest BCUT2D eigenvalue weighted by atomic mass is 9.98. The number of carbonyl (C=O) groups excluding carboxylic acids is 2. The van der Waals surface area contributed by atoms with Gasteiger partial charge in [-0.25, -0.2) is 9.29 Å². The summed E-state index contributed by atoms with van der Waals surface area (Å²) in [6.45, 7) is 4.98. The van der Waals surface area contributed by atoms with E-state index in [1.807, 2.05) is 36.9 Å². The molecule has 0 spiro atoms. The van der Waals surface area contributed by atoms with Crippen molar-refractivity contribution in [1.82, 2.24) is 4.90 Å². The molecule has 0 aromatic heterocycles. The summed E-state index contributed by atoms with van der Waals surface area (Å²) in [7, 11) is 0. The van der Waals surface area contributed by atoms with E-state index in [1.54, 1.807) is 30.3 Å². The van der Waals surface area contributed by atoms with Crippen LogP contribution in [0, 0.1) is 5.82 Å². The third-order valence-electron chi connectivity index (χ3n) is 6.11. The van der Waals surface area contributed by atoms with Crippen molar-refractivity contribution in [1.29, 1.82) is 0 Å². The molecule has 3 aromatic carbocycles. The number of ether oxygens (including phenoxy) is 1. The molecule has 34 heavy (non-hydrogen) atoms. The molecule has 5 nitrogen and oxygen atoms in total. The summed E-state index contributed by atoms with van der Waals surface area (Å²) >= 11 is 0. The predicted octanol–water partition coefficient (Wildman–Crippen LogP) is 4.96. The standard InChI is InChI=1S/C28H25FN2O3/c1-18(2)34-22-13-11-20(12-14-22)25-26(30-16-15-19-7-3-4-8-21(19)17-30)28(33)31(27(25)32)24-10-6-5-9-23(24)29/h3-14,18H,15-17H2,1-2H3. The van der Waals surface area contributed by atoms with Crippen molar-refractivity contribution >= 4 is 23.1 Å². The van der Waals surface area contributed by atoms with Gasteiger partial charge in [0.15, 0.2) is 0 Å². The van der Waals surface area contributed by atoms with E-state index in [9.17, 15) is 14.0 Å². The van der Waals surface area contributed by atoms with Crippen LogP contribution in [0.1, 0.15) is 30.5 Å². The van der Waals surface area contributed by atoms with Gasteiger partial charge in [0.1, 0.15) is 17.3 Å². The van der Waals surface area contributed by atoms with Gasteiger partial charge in [-0.05, 0) is 61.2 Å². The molecule has 2 amide bonds. The van der Waals surface area contributed by atoms with Gasteiger partial charge < -0.3 is 9.64 Å². The maximum absolute atomic E-state index is 14.7. The molecule has 2 aliphatic rings. The number of hydrogen-bond acceptors (Lipinski definition) is 4. The van der Waals surface area contributed by atoms with Crippen LogP contribution in [-0.2, 0) is 22.6 Å². The quantitative estimate of drug-likeness (QED) is 0.510. The molecule has 2 aliphatic heterocycles. The molecular formula is C28H25FN2O3. The number of hydrogen-bond donors (Lipinski definition) is 0. The number of imide groups is 1. The van der Waals surface area contributed by atoms with Crippen LogP contribution >= 0.6 is 0 Å². The Morgan fingerprint density at radius 3 is 2.24 bits per heavy atom. The first-order valence-corrected chi connectivity index (χ1v) is 11.4. The van der Waals surface area contributed by atoms with Crippen LogP contribution in [0.25, 0.3) is 5.57 Å². The molecule has 3 aromatic rings. The molecule has 0 atom stereocenters. The molecule has 0 saturated carbocycles. The molecule has 0 fully saturated rings. The topological polar surface area (TPSA) is 49.9 Å².